The van der Waals surface area contributed by atoms with Gasteiger partial charge in [-0.05, 0) is 123 Å². The van der Waals surface area contributed by atoms with Crippen LogP contribution in [0, 0.1) is 7.14 Å². The van der Waals surface area contributed by atoms with Crippen molar-refractivity contribution in [3.63, 3.8) is 0 Å². The molecule has 0 aromatic heterocycles. The predicted molar refractivity (Wildman–Crippen MR) is 159 cm³/mol. The molecule has 0 saturated carbocycles. The number of aromatic carboxylic acids is 1. The molecule has 1 saturated heterocycles. The van der Waals surface area contributed by atoms with Crippen molar-refractivity contribution >= 4 is 102 Å². The fraction of sp³-hybridized carbons (Fsp3) is 0.0800. The second-order valence-electron chi connectivity index (χ2n) is 7.45. The zero-order valence-corrected chi connectivity index (χ0v) is 24.9. The number of carbonyl (C=O) groups excluding carboxylic acids is 1. The molecule has 1 aliphatic heterocycles. The molecule has 1 fully saturated rings. The van der Waals surface area contributed by atoms with Gasteiger partial charge in [-0.1, -0.05) is 28.1 Å². The lowest BCUT2D eigenvalue weighted by Crippen LogP contribution is -2.23. The molecule has 10 heteroatoms. The molecule has 35 heavy (non-hydrogen) atoms. The van der Waals surface area contributed by atoms with Crippen LogP contribution in [0.1, 0.15) is 21.5 Å². The van der Waals surface area contributed by atoms with Gasteiger partial charge < -0.3 is 9.84 Å². The van der Waals surface area contributed by atoms with Gasteiger partial charge in [-0.3, -0.25) is 9.69 Å². The fourth-order valence-corrected chi connectivity index (χ4v) is 6.51. The van der Waals surface area contributed by atoms with Crippen molar-refractivity contribution in [2.75, 3.05) is 7.05 Å². The lowest BCUT2D eigenvalue weighted by Gasteiger charge is -2.12. The molecule has 1 N–H and O–H groups in total. The average molecular weight is 775 g/mol. The van der Waals surface area contributed by atoms with E-state index < -0.39 is 5.97 Å². The zero-order chi connectivity index (χ0) is 25.1. The van der Waals surface area contributed by atoms with Gasteiger partial charge in [-0.25, -0.2) is 9.79 Å². The van der Waals surface area contributed by atoms with E-state index in [-0.39, 0.29) is 11.5 Å². The van der Waals surface area contributed by atoms with Crippen molar-refractivity contribution in [3.05, 3.63) is 93.9 Å². The van der Waals surface area contributed by atoms with Crippen molar-refractivity contribution < 1.29 is 19.4 Å². The summed E-state index contributed by atoms with van der Waals surface area (Å²) in [5.41, 5.74) is 2.73. The van der Waals surface area contributed by atoms with Crippen LogP contribution in [-0.4, -0.2) is 34.1 Å². The molecule has 0 bridgehead atoms. The third-order valence-corrected chi connectivity index (χ3v) is 8.15. The number of thioether (sulfide) groups is 1. The highest BCUT2D eigenvalue weighted by atomic mass is 127. The van der Waals surface area contributed by atoms with E-state index in [1.807, 2.05) is 42.5 Å². The molecule has 178 valence electrons. The number of nitrogens with zero attached hydrogens (tertiary/aromatic N) is 2. The van der Waals surface area contributed by atoms with Crippen LogP contribution in [0.25, 0.3) is 6.08 Å². The summed E-state index contributed by atoms with van der Waals surface area (Å²) < 4.78 is 9.01. The van der Waals surface area contributed by atoms with Crippen LogP contribution >= 0.6 is 72.9 Å². The lowest BCUT2D eigenvalue weighted by molar-refractivity contribution is -0.121. The molecule has 1 aliphatic rings. The third kappa shape index (κ3) is 6.46. The van der Waals surface area contributed by atoms with E-state index in [1.54, 1.807) is 19.2 Å². The maximum atomic E-state index is 12.8. The van der Waals surface area contributed by atoms with Gasteiger partial charge in [-0.15, -0.1) is 0 Å². The number of halogens is 3. The van der Waals surface area contributed by atoms with Crippen LogP contribution in [0.3, 0.4) is 0 Å². The van der Waals surface area contributed by atoms with Gasteiger partial charge in [0, 0.05) is 11.5 Å². The predicted octanol–water partition coefficient (Wildman–Crippen LogP) is 7.17. The minimum absolute atomic E-state index is 0.142. The van der Waals surface area contributed by atoms with E-state index in [0.717, 1.165) is 28.5 Å². The van der Waals surface area contributed by atoms with Crippen LogP contribution in [0.4, 0.5) is 5.69 Å². The number of rotatable bonds is 6. The number of amides is 1. The second kappa shape index (κ2) is 11.4. The highest BCUT2D eigenvalue weighted by molar-refractivity contribution is 14.1. The summed E-state index contributed by atoms with van der Waals surface area (Å²) in [6.45, 7) is 0.464. The molecule has 0 aliphatic carbocycles. The van der Waals surface area contributed by atoms with Gasteiger partial charge in [0.1, 0.15) is 12.4 Å². The number of carboxylic acids is 1. The molecule has 3 aromatic rings. The normalized spacial score (nSPS) is 15.8. The van der Waals surface area contributed by atoms with E-state index in [1.165, 1.54) is 28.8 Å². The highest BCUT2D eigenvalue weighted by Crippen LogP contribution is 2.35. The van der Waals surface area contributed by atoms with Gasteiger partial charge in [-0.2, -0.15) is 0 Å². The van der Waals surface area contributed by atoms with Gasteiger partial charge in [0.15, 0.2) is 5.17 Å². The summed E-state index contributed by atoms with van der Waals surface area (Å²) in [6.07, 6.45) is 1.85. The lowest BCUT2D eigenvalue weighted by atomic mass is 10.2. The maximum absolute atomic E-state index is 12.8. The first-order valence-corrected chi connectivity index (χ1v) is 13.9. The molecule has 1 heterocycles. The molecular weight excluding hydrogens is 758 g/mol. The van der Waals surface area contributed by atoms with Crippen LogP contribution in [0.5, 0.6) is 5.75 Å². The summed E-state index contributed by atoms with van der Waals surface area (Å²) in [4.78, 5) is 30.4. The minimum atomic E-state index is -0.994. The first-order valence-electron chi connectivity index (χ1n) is 10.2. The van der Waals surface area contributed by atoms with E-state index in [2.05, 4.69) is 66.1 Å². The van der Waals surface area contributed by atoms with Crippen molar-refractivity contribution in [2.45, 2.75) is 6.61 Å². The molecule has 0 spiro atoms. The van der Waals surface area contributed by atoms with Crippen molar-refractivity contribution in [3.8, 4) is 5.75 Å². The minimum Gasteiger partial charge on any atom is -0.487 e. The quantitative estimate of drug-likeness (QED) is 0.213. The van der Waals surface area contributed by atoms with Crippen molar-refractivity contribution in [1.29, 1.82) is 0 Å². The largest absolute Gasteiger partial charge is 0.487 e. The van der Waals surface area contributed by atoms with Crippen LogP contribution in [0.15, 0.2) is 75.0 Å². The van der Waals surface area contributed by atoms with Gasteiger partial charge >= 0.3 is 5.97 Å². The Bertz CT molecular complexity index is 1340. The Morgan fingerprint density at radius 1 is 1.11 bits per heavy atom. The number of hydrogen-bond donors (Lipinski definition) is 1. The molecular formula is C25H17BrI2N2O4S. The number of carbonyl (C=O) groups is 2. The van der Waals surface area contributed by atoms with Crippen LogP contribution in [-0.2, 0) is 11.4 Å². The first kappa shape index (κ1) is 26.2. The Balaban J connectivity index is 1.52. The smallest absolute Gasteiger partial charge is 0.335 e. The van der Waals surface area contributed by atoms with Gasteiger partial charge in [0.25, 0.3) is 5.91 Å². The Hall–Kier alpha value is -1.90. The second-order valence-corrected chi connectivity index (χ2v) is 11.7. The number of aliphatic imine (C=N–C) groups is 1. The van der Waals surface area contributed by atoms with E-state index >= 15 is 0 Å². The average Bonchev–Trinajstić information content (AvgIpc) is 3.07. The summed E-state index contributed by atoms with van der Waals surface area (Å²) in [5.74, 6) is -0.326. The SMILES string of the molecule is CN1C(=O)C(=Cc2cc(I)c(OCc3ccc(Br)cc3)c(I)c2)SC1=Nc1ccc(C(=O)O)cc1. The van der Waals surface area contributed by atoms with Gasteiger partial charge in [0.05, 0.1) is 23.3 Å². The van der Waals surface area contributed by atoms with Crippen molar-refractivity contribution in [1.82, 2.24) is 4.90 Å². The number of carboxylic acid groups (broad SMARTS) is 1. The topological polar surface area (TPSA) is 79.2 Å². The standard InChI is InChI=1S/C25H17BrI2N2O4S/c1-30-23(31)21(35-25(30)29-18-8-4-16(5-9-18)24(32)33)12-15-10-19(27)22(20(28)11-15)34-13-14-2-6-17(26)7-3-14/h2-12H,13H2,1H3,(H,32,33). The third-order valence-electron chi connectivity index (χ3n) is 4.96. The summed E-state index contributed by atoms with van der Waals surface area (Å²) in [6, 6.07) is 18.2. The molecule has 1 amide bonds. The summed E-state index contributed by atoms with van der Waals surface area (Å²) >= 11 is 9.22. The summed E-state index contributed by atoms with van der Waals surface area (Å²) in [5, 5.41) is 9.58. The van der Waals surface area contributed by atoms with E-state index in [0.29, 0.717) is 22.4 Å². The number of ether oxygens (including phenoxy) is 1. The zero-order valence-electron chi connectivity index (χ0n) is 18.2. The number of hydrogen-bond acceptors (Lipinski definition) is 5. The molecule has 0 unspecified atom stereocenters. The first-order chi connectivity index (χ1) is 16.7. The Kier molecular flexibility index (Phi) is 8.55. The Labute approximate surface area is 242 Å². The van der Waals surface area contributed by atoms with Crippen LogP contribution in [0.2, 0.25) is 0 Å². The van der Waals surface area contributed by atoms with E-state index in [4.69, 9.17) is 9.84 Å². The summed E-state index contributed by atoms with van der Waals surface area (Å²) in [7, 11) is 1.67. The molecule has 4 rings (SSSR count). The number of amidine groups is 1. The Morgan fingerprint density at radius 3 is 2.34 bits per heavy atom. The molecule has 0 atom stereocenters. The molecule has 0 radical (unpaired) electrons. The molecule has 6 nitrogen and oxygen atoms in total. The van der Waals surface area contributed by atoms with E-state index in [9.17, 15) is 9.59 Å². The van der Waals surface area contributed by atoms with Crippen LogP contribution < -0.4 is 4.74 Å². The highest BCUT2D eigenvalue weighted by Gasteiger charge is 2.30. The Morgan fingerprint density at radius 2 is 1.74 bits per heavy atom. The number of benzene rings is 3. The molecule has 3 aromatic carbocycles. The van der Waals surface area contributed by atoms with Gasteiger partial charge in [0.2, 0.25) is 0 Å². The van der Waals surface area contributed by atoms with Crippen molar-refractivity contribution in [2.24, 2.45) is 4.99 Å². The fourth-order valence-electron chi connectivity index (χ4n) is 3.13. The monoisotopic (exact) mass is 774 g/mol. The number of likely N-dealkylation sites (N-methyl/N-ethyl adjacent to an activating group) is 1. The maximum Gasteiger partial charge on any atom is 0.335 e.